The first-order valence-corrected chi connectivity index (χ1v) is 6.11. The molecule has 2 heterocycles. The van der Waals surface area contributed by atoms with Gasteiger partial charge in [0.05, 0.1) is 5.56 Å². The molecule has 0 unspecified atom stereocenters. The van der Waals surface area contributed by atoms with E-state index >= 15 is 0 Å². The number of hydrogen-bond acceptors (Lipinski definition) is 4. The summed E-state index contributed by atoms with van der Waals surface area (Å²) in [4.78, 5) is 4.03. The van der Waals surface area contributed by atoms with Crippen molar-refractivity contribution in [1.29, 1.82) is 0 Å². The van der Waals surface area contributed by atoms with Crippen molar-refractivity contribution >= 4 is 0 Å². The number of ether oxygens (including phenoxy) is 3. The summed E-state index contributed by atoms with van der Waals surface area (Å²) in [5, 5.41) is 0. The predicted molar refractivity (Wildman–Crippen MR) is 69.0 cm³/mol. The first kappa shape index (κ1) is 12.5. The molecule has 0 atom stereocenters. The highest BCUT2D eigenvalue weighted by atomic mass is 19.1. The molecule has 0 N–H and O–H groups in total. The molecule has 1 aliphatic rings. The van der Waals surface area contributed by atoms with E-state index in [2.05, 4.69) is 4.98 Å². The minimum atomic E-state index is -0.708. The van der Waals surface area contributed by atoms with Crippen LogP contribution in [0.1, 0.15) is 17.4 Å². The summed E-state index contributed by atoms with van der Waals surface area (Å²) in [6, 6.07) is 10.2. The average molecular weight is 273 g/mol. The summed E-state index contributed by atoms with van der Waals surface area (Å²) in [7, 11) is 0. The van der Waals surface area contributed by atoms with Crippen LogP contribution < -0.4 is 4.74 Å². The fraction of sp³-hybridized carbons (Fsp3) is 0.133. The minimum absolute atomic E-state index is 0.249. The first-order valence-electron chi connectivity index (χ1n) is 6.11. The molecule has 0 saturated carbocycles. The number of aromatic nitrogens is 1. The summed E-state index contributed by atoms with van der Waals surface area (Å²) in [6.45, 7) is 0.249. The molecule has 102 valence electrons. The summed E-state index contributed by atoms with van der Waals surface area (Å²) >= 11 is 0. The van der Waals surface area contributed by atoms with Gasteiger partial charge in [-0.2, -0.15) is 0 Å². The Hall–Kier alpha value is -2.56. The lowest BCUT2D eigenvalue weighted by atomic mass is 10.1. The highest BCUT2D eigenvalue weighted by molar-refractivity contribution is 5.26. The van der Waals surface area contributed by atoms with Gasteiger partial charge in [0.25, 0.3) is 6.29 Å². The van der Waals surface area contributed by atoms with Gasteiger partial charge < -0.3 is 14.2 Å². The smallest absolute Gasteiger partial charge is 0.269 e. The Bertz CT molecular complexity index is 608. The van der Waals surface area contributed by atoms with Crippen molar-refractivity contribution in [3.8, 4) is 5.88 Å². The molecule has 5 heteroatoms. The van der Waals surface area contributed by atoms with Gasteiger partial charge in [0.15, 0.2) is 0 Å². The Morgan fingerprint density at radius 2 is 2.00 bits per heavy atom. The lowest BCUT2D eigenvalue weighted by molar-refractivity contribution is -0.0271. The molecule has 0 amide bonds. The summed E-state index contributed by atoms with van der Waals surface area (Å²) in [6.07, 6.45) is 3.71. The van der Waals surface area contributed by atoms with Gasteiger partial charge in [0.2, 0.25) is 5.88 Å². The van der Waals surface area contributed by atoms with E-state index in [9.17, 15) is 4.39 Å². The lowest BCUT2D eigenvalue weighted by Gasteiger charge is -2.12. The second-order valence-corrected chi connectivity index (χ2v) is 4.19. The van der Waals surface area contributed by atoms with Gasteiger partial charge in [-0.1, -0.05) is 12.1 Å². The van der Waals surface area contributed by atoms with E-state index in [1.54, 1.807) is 30.5 Å². The molecule has 0 fully saturated rings. The van der Waals surface area contributed by atoms with Crippen molar-refractivity contribution in [2.45, 2.75) is 12.9 Å². The van der Waals surface area contributed by atoms with Crippen molar-refractivity contribution < 1.29 is 18.6 Å². The van der Waals surface area contributed by atoms with Gasteiger partial charge >= 0.3 is 0 Å². The SMILES string of the molecule is Fc1cc(COc2ccccn2)ccc1C1OC=CO1. The highest BCUT2D eigenvalue weighted by Crippen LogP contribution is 2.27. The van der Waals surface area contributed by atoms with Crippen LogP contribution in [0.2, 0.25) is 0 Å². The predicted octanol–water partition coefficient (Wildman–Crippen LogP) is 3.32. The molecule has 1 aromatic heterocycles. The van der Waals surface area contributed by atoms with Crippen LogP contribution in [0.25, 0.3) is 0 Å². The zero-order valence-corrected chi connectivity index (χ0v) is 10.5. The summed E-state index contributed by atoms with van der Waals surface area (Å²) in [5.74, 6) is 0.115. The molecule has 4 nitrogen and oxygen atoms in total. The number of benzene rings is 1. The fourth-order valence-electron chi connectivity index (χ4n) is 1.83. The van der Waals surface area contributed by atoms with Crippen molar-refractivity contribution in [2.75, 3.05) is 0 Å². The molecule has 20 heavy (non-hydrogen) atoms. The standard InChI is InChI=1S/C15H12FNO3/c16-13-9-11(10-20-14-3-1-2-6-17-14)4-5-12(13)15-18-7-8-19-15/h1-9,15H,10H2. The number of halogens is 1. The van der Waals surface area contributed by atoms with Crippen molar-refractivity contribution in [1.82, 2.24) is 4.98 Å². The van der Waals surface area contributed by atoms with E-state index in [0.29, 0.717) is 17.0 Å². The van der Waals surface area contributed by atoms with Gasteiger partial charge in [-0.3, -0.25) is 0 Å². The first-order chi connectivity index (χ1) is 9.83. The van der Waals surface area contributed by atoms with Gasteiger partial charge in [-0.15, -0.1) is 0 Å². The fourth-order valence-corrected chi connectivity index (χ4v) is 1.83. The van der Waals surface area contributed by atoms with Crippen molar-refractivity contribution in [2.24, 2.45) is 0 Å². The molecule has 2 aromatic rings. The lowest BCUT2D eigenvalue weighted by Crippen LogP contribution is -2.03. The maximum atomic E-state index is 14.0. The van der Waals surface area contributed by atoms with Crippen LogP contribution in [0.15, 0.2) is 55.1 Å². The Morgan fingerprint density at radius 3 is 2.70 bits per heavy atom. The molecule has 1 aromatic carbocycles. The number of nitrogens with zero attached hydrogens (tertiary/aromatic N) is 1. The second kappa shape index (κ2) is 5.61. The average Bonchev–Trinajstić information content (AvgIpc) is 3.00. The van der Waals surface area contributed by atoms with Gasteiger partial charge in [-0.05, 0) is 23.8 Å². The zero-order chi connectivity index (χ0) is 13.8. The molecular weight excluding hydrogens is 261 g/mol. The van der Waals surface area contributed by atoms with E-state index in [1.165, 1.54) is 18.6 Å². The Balaban J connectivity index is 1.67. The highest BCUT2D eigenvalue weighted by Gasteiger charge is 2.19. The van der Waals surface area contributed by atoms with Crippen molar-refractivity contribution in [3.63, 3.8) is 0 Å². The second-order valence-electron chi connectivity index (χ2n) is 4.19. The molecule has 0 spiro atoms. The maximum Gasteiger partial charge on any atom is 0.269 e. The van der Waals surface area contributed by atoms with Crippen LogP contribution in [0.4, 0.5) is 4.39 Å². The monoisotopic (exact) mass is 273 g/mol. The molecule has 0 radical (unpaired) electrons. The van der Waals surface area contributed by atoms with E-state index < -0.39 is 6.29 Å². The van der Waals surface area contributed by atoms with E-state index in [0.717, 1.165) is 0 Å². The zero-order valence-electron chi connectivity index (χ0n) is 10.5. The quantitative estimate of drug-likeness (QED) is 0.856. The van der Waals surface area contributed by atoms with Crippen LogP contribution in [-0.4, -0.2) is 4.98 Å². The van der Waals surface area contributed by atoms with Crippen LogP contribution in [-0.2, 0) is 16.1 Å². The summed E-state index contributed by atoms with van der Waals surface area (Å²) < 4.78 is 29.6. The van der Waals surface area contributed by atoms with Crippen molar-refractivity contribution in [3.05, 3.63) is 72.1 Å². The summed E-state index contributed by atoms with van der Waals surface area (Å²) in [5.41, 5.74) is 1.07. The largest absolute Gasteiger partial charge is 0.473 e. The van der Waals surface area contributed by atoms with Crippen LogP contribution in [0.3, 0.4) is 0 Å². The Morgan fingerprint density at radius 1 is 1.15 bits per heavy atom. The Kier molecular flexibility index (Phi) is 3.50. The van der Waals surface area contributed by atoms with Gasteiger partial charge in [0.1, 0.15) is 24.9 Å². The van der Waals surface area contributed by atoms with E-state index in [4.69, 9.17) is 14.2 Å². The molecule has 0 aliphatic carbocycles. The molecule has 3 rings (SSSR count). The number of rotatable bonds is 4. The van der Waals surface area contributed by atoms with Crippen LogP contribution in [0, 0.1) is 5.82 Å². The van der Waals surface area contributed by atoms with E-state index in [1.807, 2.05) is 6.07 Å². The Labute approximate surface area is 115 Å². The maximum absolute atomic E-state index is 14.0. The van der Waals surface area contributed by atoms with E-state index in [-0.39, 0.29) is 12.4 Å². The molecular formula is C15H12FNO3. The minimum Gasteiger partial charge on any atom is -0.473 e. The third-order valence-corrected chi connectivity index (χ3v) is 2.80. The molecule has 1 aliphatic heterocycles. The topological polar surface area (TPSA) is 40.6 Å². The third-order valence-electron chi connectivity index (χ3n) is 2.80. The number of hydrogen-bond donors (Lipinski definition) is 0. The molecule has 0 bridgehead atoms. The molecule has 0 saturated heterocycles. The normalized spacial score (nSPS) is 13.8. The van der Waals surface area contributed by atoms with Crippen LogP contribution >= 0.6 is 0 Å². The van der Waals surface area contributed by atoms with Gasteiger partial charge in [0, 0.05) is 12.3 Å². The number of pyridine rings is 1. The van der Waals surface area contributed by atoms with Crippen LogP contribution in [0.5, 0.6) is 5.88 Å². The third kappa shape index (κ3) is 2.71. The van der Waals surface area contributed by atoms with Gasteiger partial charge in [-0.25, -0.2) is 9.37 Å².